The first-order valence-electron chi connectivity index (χ1n) is 11.3. The van der Waals surface area contributed by atoms with Gasteiger partial charge in [-0.1, -0.05) is 12.1 Å². The van der Waals surface area contributed by atoms with Crippen LogP contribution in [0.1, 0.15) is 46.3 Å². The molecule has 0 N–H and O–H groups in total. The summed E-state index contributed by atoms with van der Waals surface area (Å²) >= 11 is 1.35. The molecule has 3 aromatic rings. The first-order chi connectivity index (χ1) is 16.1. The maximum atomic E-state index is 12.9. The van der Waals surface area contributed by atoms with Crippen molar-refractivity contribution in [2.75, 3.05) is 18.8 Å². The van der Waals surface area contributed by atoms with Crippen molar-refractivity contribution in [1.29, 1.82) is 0 Å². The van der Waals surface area contributed by atoms with E-state index in [2.05, 4.69) is 6.07 Å². The van der Waals surface area contributed by atoms with Gasteiger partial charge in [0.25, 0.3) is 0 Å². The van der Waals surface area contributed by atoms with Crippen molar-refractivity contribution < 1.29 is 18.7 Å². The van der Waals surface area contributed by atoms with E-state index in [-0.39, 0.29) is 12.5 Å². The molecule has 0 atom stereocenters. The smallest absolute Gasteiger partial charge is 0.339 e. The van der Waals surface area contributed by atoms with E-state index >= 15 is 0 Å². The molecule has 1 aromatic heterocycles. The number of likely N-dealkylation sites (tertiary alicyclic amines) is 1. The van der Waals surface area contributed by atoms with Crippen LogP contribution < -0.4 is 5.63 Å². The summed E-state index contributed by atoms with van der Waals surface area (Å²) in [7, 11) is 0. The lowest BCUT2D eigenvalue weighted by atomic mass is 10.0. The van der Waals surface area contributed by atoms with Crippen LogP contribution in [0.15, 0.2) is 56.6 Å². The SMILES string of the molecule is O=C(OCc1cc(=O)oc2cc3c(cc12)CCC3)c1ccccc1SCC(=O)N1CCCC1. The second kappa shape index (κ2) is 9.43. The Hall–Kier alpha value is -3.06. The van der Waals surface area contributed by atoms with Crippen LogP contribution in [-0.4, -0.2) is 35.6 Å². The maximum Gasteiger partial charge on any atom is 0.339 e. The van der Waals surface area contributed by atoms with Gasteiger partial charge in [0.05, 0.1) is 11.3 Å². The highest BCUT2D eigenvalue weighted by molar-refractivity contribution is 8.00. The lowest BCUT2D eigenvalue weighted by Gasteiger charge is -2.15. The van der Waals surface area contributed by atoms with Crippen molar-refractivity contribution in [3.8, 4) is 0 Å². The molecule has 1 aliphatic carbocycles. The Balaban J connectivity index is 1.31. The van der Waals surface area contributed by atoms with Crippen molar-refractivity contribution in [3.63, 3.8) is 0 Å². The Bertz CT molecular complexity index is 1280. The zero-order valence-electron chi connectivity index (χ0n) is 18.3. The van der Waals surface area contributed by atoms with Gasteiger partial charge >= 0.3 is 11.6 Å². The van der Waals surface area contributed by atoms with Crippen LogP contribution in [0.4, 0.5) is 0 Å². The summed E-state index contributed by atoms with van der Waals surface area (Å²) in [6, 6.07) is 12.5. The van der Waals surface area contributed by atoms with E-state index in [1.54, 1.807) is 12.1 Å². The number of hydrogen-bond donors (Lipinski definition) is 0. The Morgan fingerprint density at radius 2 is 1.76 bits per heavy atom. The molecule has 1 saturated heterocycles. The molecule has 170 valence electrons. The molecule has 7 heteroatoms. The number of thioether (sulfide) groups is 1. The zero-order chi connectivity index (χ0) is 22.8. The van der Waals surface area contributed by atoms with E-state index < -0.39 is 11.6 Å². The van der Waals surface area contributed by atoms with Crippen LogP contribution in [0.5, 0.6) is 0 Å². The van der Waals surface area contributed by atoms with Gasteiger partial charge < -0.3 is 14.1 Å². The van der Waals surface area contributed by atoms with Crippen LogP contribution >= 0.6 is 11.8 Å². The molecule has 0 saturated carbocycles. The van der Waals surface area contributed by atoms with Gasteiger partial charge in [0, 0.05) is 35.0 Å². The van der Waals surface area contributed by atoms with E-state index in [0.717, 1.165) is 50.6 Å². The highest BCUT2D eigenvalue weighted by Crippen LogP contribution is 2.29. The van der Waals surface area contributed by atoms with Gasteiger partial charge in [-0.15, -0.1) is 11.8 Å². The molecule has 6 nitrogen and oxygen atoms in total. The quantitative estimate of drug-likeness (QED) is 0.307. The maximum absolute atomic E-state index is 12.9. The minimum Gasteiger partial charge on any atom is -0.457 e. The number of nitrogens with zero attached hydrogens (tertiary/aromatic N) is 1. The highest BCUT2D eigenvalue weighted by Gasteiger charge is 2.20. The summed E-state index contributed by atoms with van der Waals surface area (Å²) in [4.78, 5) is 40.0. The number of hydrogen-bond acceptors (Lipinski definition) is 6. The van der Waals surface area contributed by atoms with Crippen molar-refractivity contribution in [1.82, 2.24) is 4.90 Å². The van der Waals surface area contributed by atoms with Crippen molar-refractivity contribution in [2.24, 2.45) is 0 Å². The van der Waals surface area contributed by atoms with Crippen molar-refractivity contribution >= 4 is 34.6 Å². The lowest BCUT2D eigenvalue weighted by molar-refractivity contribution is -0.127. The van der Waals surface area contributed by atoms with Gasteiger partial charge in [0.15, 0.2) is 0 Å². The molecular weight excluding hydrogens is 438 g/mol. The van der Waals surface area contributed by atoms with E-state index in [0.29, 0.717) is 27.4 Å². The Labute approximate surface area is 195 Å². The zero-order valence-corrected chi connectivity index (χ0v) is 19.1. The highest BCUT2D eigenvalue weighted by atomic mass is 32.2. The van der Waals surface area contributed by atoms with E-state index in [1.807, 2.05) is 23.1 Å². The predicted molar refractivity (Wildman–Crippen MR) is 127 cm³/mol. The number of amides is 1. The van der Waals surface area contributed by atoms with Crippen LogP contribution in [0.25, 0.3) is 11.0 Å². The molecule has 1 fully saturated rings. The topological polar surface area (TPSA) is 76.8 Å². The third-order valence-electron chi connectivity index (χ3n) is 6.32. The van der Waals surface area contributed by atoms with Gasteiger partial charge in [0.2, 0.25) is 5.91 Å². The molecule has 33 heavy (non-hydrogen) atoms. The number of benzene rings is 2. The Kier molecular flexibility index (Phi) is 6.22. The number of carbonyl (C=O) groups is 2. The van der Waals surface area contributed by atoms with Crippen molar-refractivity contribution in [3.05, 3.63) is 75.1 Å². The van der Waals surface area contributed by atoms with Gasteiger partial charge in [-0.3, -0.25) is 4.79 Å². The number of fused-ring (bicyclic) bond motifs is 2. The van der Waals surface area contributed by atoms with Crippen LogP contribution in [-0.2, 0) is 29.0 Å². The average Bonchev–Trinajstić information content (AvgIpc) is 3.51. The van der Waals surface area contributed by atoms with E-state index in [1.165, 1.54) is 29.0 Å². The standard InChI is InChI=1S/C26H25NO5S/c28-24(27-10-3-4-11-27)16-33-23-9-2-1-8-20(23)26(30)31-15-19-14-25(29)32-22-13-18-7-5-6-17(18)12-21(19)22/h1-2,8-9,12-14H,3-7,10-11,15-16H2. The molecule has 0 bridgehead atoms. The van der Waals surface area contributed by atoms with E-state index in [9.17, 15) is 14.4 Å². The molecule has 2 heterocycles. The fourth-order valence-electron chi connectivity index (χ4n) is 4.59. The Morgan fingerprint density at radius 3 is 2.58 bits per heavy atom. The summed E-state index contributed by atoms with van der Waals surface area (Å²) in [6.07, 6.45) is 5.19. The number of ether oxygens (including phenoxy) is 1. The van der Waals surface area contributed by atoms with Gasteiger partial charge in [0.1, 0.15) is 12.2 Å². The molecular formula is C26H25NO5S. The second-order valence-electron chi connectivity index (χ2n) is 8.51. The van der Waals surface area contributed by atoms with Gasteiger partial charge in [-0.05, 0) is 67.5 Å². The summed E-state index contributed by atoms with van der Waals surface area (Å²) in [5, 5.41) is 0.807. The molecule has 5 rings (SSSR count). The van der Waals surface area contributed by atoms with Gasteiger partial charge in [-0.25, -0.2) is 9.59 Å². The monoisotopic (exact) mass is 463 g/mol. The third kappa shape index (κ3) is 4.69. The van der Waals surface area contributed by atoms with Crippen LogP contribution in [0.2, 0.25) is 0 Å². The molecule has 0 radical (unpaired) electrons. The van der Waals surface area contributed by atoms with Crippen LogP contribution in [0.3, 0.4) is 0 Å². The second-order valence-corrected chi connectivity index (χ2v) is 9.53. The predicted octanol–water partition coefficient (Wildman–Crippen LogP) is 4.35. The third-order valence-corrected chi connectivity index (χ3v) is 7.38. The fourth-order valence-corrected chi connectivity index (χ4v) is 5.54. The number of rotatable bonds is 6. The molecule has 2 aliphatic rings. The summed E-state index contributed by atoms with van der Waals surface area (Å²) in [5.74, 6) is -0.0929. The molecule has 1 aliphatic heterocycles. The first kappa shape index (κ1) is 21.8. The minimum absolute atomic E-state index is 0.0224. The lowest BCUT2D eigenvalue weighted by Crippen LogP contribution is -2.29. The summed E-state index contributed by atoms with van der Waals surface area (Å²) in [5.41, 5.74) is 3.61. The van der Waals surface area contributed by atoms with Crippen LogP contribution in [0, 0.1) is 0 Å². The van der Waals surface area contributed by atoms with Gasteiger partial charge in [-0.2, -0.15) is 0 Å². The average molecular weight is 464 g/mol. The van der Waals surface area contributed by atoms with E-state index in [4.69, 9.17) is 9.15 Å². The Morgan fingerprint density at radius 1 is 1.00 bits per heavy atom. The number of carbonyl (C=O) groups excluding carboxylic acids is 2. The van der Waals surface area contributed by atoms with Crippen molar-refractivity contribution in [2.45, 2.75) is 43.6 Å². The molecule has 0 spiro atoms. The fraction of sp³-hybridized carbons (Fsp3) is 0.346. The largest absolute Gasteiger partial charge is 0.457 e. The first-order valence-corrected chi connectivity index (χ1v) is 12.3. The summed E-state index contributed by atoms with van der Waals surface area (Å²) < 4.78 is 11.0. The minimum atomic E-state index is -0.478. The number of aryl methyl sites for hydroxylation is 2. The molecule has 0 unspecified atom stereocenters. The normalized spacial score (nSPS) is 15.1. The molecule has 1 amide bonds. The molecule has 2 aromatic carbocycles. The number of esters is 1. The summed E-state index contributed by atoms with van der Waals surface area (Å²) in [6.45, 7) is 1.60.